The molecule has 1 N–H and O–H groups in total. The maximum atomic E-state index is 13.9. The van der Waals surface area contributed by atoms with Crippen molar-refractivity contribution in [1.82, 2.24) is 9.97 Å². The van der Waals surface area contributed by atoms with E-state index in [1.165, 1.54) is 24.3 Å². The summed E-state index contributed by atoms with van der Waals surface area (Å²) in [6, 6.07) is 2.83. The summed E-state index contributed by atoms with van der Waals surface area (Å²) >= 11 is 0. The summed E-state index contributed by atoms with van der Waals surface area (Å²) in [4.78, 5) is 37.2. The van der Waals surface area contributed by atoms with Crippen molar-refractivity contribution in [3.63, 3.8) is 0 Å². The van der Waals surface area contributed by atoms with Gasteiger partial charge in [-0.15, -0.1) is 0 Å². The van der Waals surface area contributed by atoms with Crippen LogP contribution in [0.3, 0.4) is 0 Å². The van der Waals surface area contributed by atoms with Crippen LogP contribution in [0, 0.1) is 0 Å². The number of alkyl halides is 9. The lowest BCUT2D eigenvalue weighted by Crippen LogP contribution is -2.45. The number of rotatable bonds is 10. The van der Waals surface area contributed by atoms with E-state index in [1.54, 1.807) is 11.8 Å². The van der Waals surface area contributed by atoms with Crippen molar-refractivity contribution in [2.75, 3.05) is 48.5 Å². The van der Waals surface area contributed by atoms with Crippen molar-refractivity contribution in [2.45, 2.75) is 76.1 Å². The van der Waals surface area contributed by atoms with Crippen molar-refractivity contribution in [3.8, 4) is 0 Å². The second-order valence-corrected chi connectivity index (χ2v) is 12.7. The predicted molar refractivity (Wildman–Crippen MR) is 174 cm³/mol. The number of benzene rings is 2. The number of amides is 1. The number of nitrogens with zero attached hydrogens (tertiary/aromatic N) is 4. The average molecular weight is 762 g/mol. The molecule has 2 atom stereocenters. The molecule has 5 rings (SSSR count). The van der Waals surface area contributed by atoms with Crippen molar-refractivity contribution in [2.24, 2.45) is 0 Å². The number of fused-ring (bicyclic) bond motifs is 1. The highest BCUT2D eigenvalue weighted by Crippen LogP contribution is 2.44. The van der Waals surface area contributed by atoms with Gasteiger partial charge in [-0.05, 0) is 66.8 Å². The summed E-state index contributed by atoms with van der Waals surface area (Å²) < 4.78 is 134. The fourth-order valence-electron chi connectivity index (χ4n) is 6.51. The number of hydrogen-bond donors (Lipinski definition) is 1. The highest BCUT2D eigenvalue weighted by Gasteiger charge is 2.40. The summed E-state index contributed by atoms with van der Waals surface area (Å²) in [5.41, 5.74) is -3.57. The Kier molecular flexibility index (Phi) is 11.8. The van der Waals surface area contributed by atoms with Crippen LogP contribution in [0.25, 0.3) is 0 Å². The lowest BCUT2D eigenvalue weighted by molar-refractivity contribution is -0.143. The summed E-state index contributed by atoms with van der Waals surface area (Å²) in [5.74, 6) is -1.06. The van der Waals surface area contributed by atoms with Gasteiger partial charge in [0.05, 0.1) is 60.6 Å². The Labute approximate surface area is 298 Å². The third-order valence-corrected chi connectivity index (χ3v) is 9.12. The highest BCUT2D eigenvalue weighted by atomic mass is 19.4. The van der Waals surface area contributed by atoms with Gasteiger partial charge in [-0.3, -0.25) is 9.59 Å². The number of nitrogens with one attached hydrogen (secondary N) is 1. The number of morpholine rings is 1. The third-order valence-electron chi connectivity index (χ3n) is 9.12. The minimum absolute atomic E-state index is 0.0327. The maximum Gasteiger partial charge on any atom is 0.416 e. The Hall–Kier alpha value is -4.61. The van der Waals surface area contributed by atoms with Crippen molar-refractivity contribution in [1.29, 1.82) is 0 Å². The van der Waals surface area contributed by atoms with E-state index < -0.39 is 65.6 Å². The normalized spacial score (nSPS) is 18.1. The highest BCUT2D eigenvalue weighted by molar-refractivity contribution is 5.95. The van der Waals surface area contributed by atoms with E-state index in [4.69, 9.17) is 4.74 Å². The lowest BCUT2D eigenvalue weighted by atomic mass is 9.88. The fraction of sp³-hybridized carbons (Fsp3) is 0.486. The Balaban J connectivity index is 1.54. The van der Waals surface area contributed by atoms with E-state index in [0.717, 1.165) is 12.1 Å². The van der Waals surface area contributed by atoms with Gasteiger partial charge in [0.1, 0.15) is 0 Å². The molecule has 18 heteroatoms. The number of esters is 1. The molecule has 0 saturated carbocycles. The van der Waals surface area contributed by atoms with E-state index in [1.807, 2.05) is 0 Å². The van der Waals surface area contributed by atoms with Gasteiger partial charge in [-0.2, -0.15) is 39.5 Å². The average Bonchev–Trinajstić information content (AvgIpc) is 3.10. The lowest BCUT2D eigenvalue weighted by Gasteiger charge is -2.41. The number of methoxy groups -OCH3 is 1. The molecule has 0 bridgehead atoms. The Morgan fingerprint density at radius 1 is 0.887 bits per heavy atom. The molecule has 1 aromatic heterocycles. The van der Waals surface area contributed by atoms with Crippen LogP contribution in [0.2, 0.25) is 0 Å². The number of ether oxygens (including phenoxy) is 2. The zero-order chi connectivity index (χ0) is 38.7. The summed E-state index contributed by atoms with van der Waals surface area (Å²) in [5, 5.41) is 3.04. The molecule has 1 saturated heterocycles. The quantitative estimate of drug-likeness (QED) is 0.164. The molecule has 2 aromatic carbocycles. The van der Waals surface area contributed by atoms with Gasteiger partial charge in [0.2, 0.25) is 11.9 Å². The van der Waals surface area contributed by atoms with Gasteiger partial charge in [0.25, 0.3) is 0 Å². The molecule has 3 heterocycles. The number of aromatic nitrogens is 2. The van der Waals surface area contributed by atoms with Crippen LogP contribution in [-0.2, 0) is 44.0 Å². The van der Waals surface area contributed by atoms with Gasteiger partial charge >= 0.3 is 24.5 Å². The molecule has 9 nitrogen and oxygen atoms in total. The van der Waals surface area contributed by atoms with Crippen LogP contribution < -0.4 is 15.1 Å². The van der Waals surface area contributed by atoms with Crippen LogP contribution in [0.15, 0.2) is 42.6 Å². The molecular formula is C35H36F9N5O4. The van der Waals surface area contributed by atoms with Crippen LogP contribution in [-0.4, -0.2) is 61.3 Å². The van der Waals surface area contributed by atoms with Gasteiger partial charge < -0.3 is 24.6 Å². The molecular weight excluding hydrogens is 725 g/mol. The molecule has 1 amide bonds. The summed E-state index contributed by atoms with van der Waals surface area (Å²) in [6.07, 6.45) is -13.5. The molecule has 0 aliphatic carbocycles. The predicted octanol–water partition coefficient (Wildman–Crippen LogP) is 7.97. The summed E-state index contributed by atoms with van der Waals surface area (Å²) in [6.45, 7) is 3.03. The van der Waals surface area contributed by atoms with Crippen molar-refractivity contribution in [3.05, 3.63) is 76.1 Å². The zero-order valence-electron chi connectivity index (χ0n) is 28.6. The second-order valence-electron chi connectivity index (χ2n) is 12.7. The molecule has 0 spiro atoms. The first-order chi connectivity index (χ1) is 24.9. The number of halogens is 9. The van der Waals surface area contributed by atoms with Crippen LogP contribution in [0.1, 0.15) is 78.6 Å². The minimum atomic E-state index is -5.07. The van der Waals surface area contributed by atoms with Gasteiger partial charge in [0, 0.05) is 44.1 Å². The topological polar surface area (TPSA) is 96.9 Å². The molecule has 288 valence electrons. The summed E-state index contributed by atoms with van der Waals surface area (Å²) in [7, 11) is 1.21. The number of anilines is 3. The molecule has 2 aliphatic heterocycles. The van der Waals surface area contributed by atoms with Crippen LogP contribution in [0.4, 0.5) is 56.8 Å². The van der Waals surface area contributed by atoms with E-state index in [2.05, 4.69) is 20.0 Å². The Morgan fingerprint density at radius 3 is 2.11 bits per heavy atom. The van der Waals surface area contributed by atoms with Crippen molar-refractivity contribution >= 4 is 29.2 Å². The molecule has 3 aromatic rings. The van der Waals surface area contributed by atoms with E-state index in [0.29, 0.717) is 37.3 Å². The maximum absolute atomic E-state index is 13.9. The third kappa shape index (κ3) is 9.50. The van der Waals surface area contributed by atoms with Crippen LogP contribution >= 0.6 is 0 Å². The van der Waals surface area contributed by atoms with Gasteiger partial charge in [-0.1, -0.05) is 6.92 Å². The largest absolute Gasteiger partial charge is 0.469 e. The standard InChI is InChI=1S/C35H36F9N5O4/c1-3-24-18-26(25-17-21(33(36,37)38)7-8-28(25)49(24)30(50)5-4-6-31(51)52-2)46-32-45-19-29(48-9-11-53-12-10-48)27(47-32)15-20-13-22(34(39,40)41)16-23(14-20)35(42,43)44/h7-8,13-14,16-17,19,24,26H,3-6,9-12,15,18H2,1-2H3,(H,45,46,47)/t24-,26+/m1/s1. The molecule has 1 fully saturated rings. The molecule has 53 heavy (non-hydrogen) atoms. The SMILES string of the molecule is CC[C@@H]1C[C@H](Nc2ncc(N3CCOCC3)c(Cc3cc(C(F)(F)F)cc(C(F)(F)F)c3)n2)c2cc(C(F)(F)F)ccc2N1C(=O)CCCC(=O)OC. The van der Waals surface area contributed by atoms with E-state index in [-0.39, 0.29) is 73.4 Å². The van der Waals surface area contributed by atoms with Crippen molar-refractivity contribution < 1.29 is 58.6 Å². The Morgan fingerprint density at radius 2 is 1.53 bits per heavy atom. The minimum Gasteiger partial charge on any atom is -0.469 e. The van der Waals surface area contributed by atoms with E-state index in [9.17, 15) is 49.1 Å². The Bertz CT molecular complexity index is 1760. The molecule has 0 unspecified atom stereocenters. The van der Waals surface area contributed by atoms with Crippen LogP contribution in [0.5, 0.6) is 0 Å². The monoisotopic (exact) mass is 761 g/mol. The van der Waals surface area contributed by atoms with E-state index >= 15 is 0 Å². The second kappa shape index (κ2) is 15.8. The first-order valence-corrected chi connectivity index (χ1v) is 16.7. The fourth-order valence-corrected chi connectivity index (χ4v) is 6.51. The smallest absolute Gasteiger partial charge is 0.416 e. The number of carbonyl (C=O) groups is 2. The molecule has 2 aliphatic rings. The number of carbonyl (C=O) groups excluding carboxylic acids is 2. The van der Waals surface area contributed by atoms with Gasteiger partial charge in [-0.25, -0.2) is 9.97 Å². The number of hydrogen-bond acceptors (Lipinski definition) is 8. The molecule has 0 radical (unpaired) electrons. The first-order valence-electron chi connectivity index (χ1n) is 16.7. The first kappa shape index (κ1) is 39.6. The van der Waals surface area contributed by atoms with Gasteiger partial charge in [0.15, 0.2) is 0 Å². The zero-order valence-corrected chi connectivity index (χ0v) is 28.6.